The van der Waals surface area contributed by atoms with Crippen LogP contribution in [-0.4, -0.2) is 42.0 Å². The van der Waals surface area contributed by atoms with Crippen molar-refractivity contribution in [1.82, 2.24) is 20.5 Å². The highest BCUT2D eigenvalue weighted by molar-refractivity contribution is 5.79. The molecule has 6 heteroatoms. The van der Waals surface area contributed by atoms with Gasteiger partial charge in [-0.2, -0.15) is 0 Å². The largest absolute Gasteiger partial charge is 0.444 e. The Labute approximate surface area is 155 Å². The van der Waals surface area contributed by atoms with Crippen LogP contribution >= 0.6 is 0 Å². The minimum atomic E-state index is 0.446. The van der Waals surface area contributed by atoms with Gasteiger partial charge in [-0.05, 0) is 32.3 Å². The molecule has 1 aromatic carbocycles. The van der Waals surface area contributed by atoms with Gasteiger partial charge in [0.05, 0.1) is 12.2 Å². The molecule has 2 N–H and O–H groups in total. The molecule has 26 heavy (non-hydrogen) atoms. The SMILES string of the molecule is CN=C(NCc1nc(C)c(C)o1)NC1CCN(Cc2ccccc2)CC1. The molecule has 1 aromatic heterocycles. The zero-order chi connectivity index (χ0) is 18.4. The molecule has 0 aliphatic carbocycles. The van der Waals surface area contributed by atoms with E-state index in [0.717, 1.165) is 49.9 Å². The smallest absolute Gasteiger partial charge is 0.214 e. The molecule has 0 saturated carbocycles. The Morgan fingerprint density at radius 2 is 1.96 bits per heavy atom. The van der Waals surface area contributed by atoms with E-state index in [4.69, 9.17) is 4.42 Å². The Morgan fingerprint density at radius 1 is 1.23 bits per heavy atom. The zero-order valence-electron chi connectivity index (χ0n) is 16.0. The number of likely N-dealkylation sites (tertiary alicyclic amines) is 1. The average Bonchev–Trinajstić information content (AvgIpc) is 2.98. The van der Waals surface area contributed by atoms with Crippen LogP contribution in [0.25, 0.3) is 0 Å². The molecule has 2 aromatic rings. The van der Waals surface area contributed by atoms with Crippen LogP contribution in [0.1, 0.15) is 35.7 Å². The molecule has 0 amide bonds. The van der Waals surface area contributed by atoms with Gasteiger partial charge in [0.1, 0.15) is 5.76 Å². The second kappa shape index (κ2) is 8.85. The van der Waals surface area contributed by atoms with Crippen molar-refractivity contribution in [2.24, 2.45) is 4.99 Å². The summed E-state index contributed by atoms with van der Waals surface area (Å²) in [5.74, 6) is 2.37. The number of guanidine groups is 1. The lowest BCUT2D eigenvalue weighted by atomic mass is 10.0. The van der Waals surface area contributed by atoms with Crippen molar-refractivity contribution in [1.29, 1.82) is 0 Å². The van der Waals surface area contributed by atoms with Crippen LogP contribution in [-0.2, 0) is 13.1 Å². The van der Waals surface area contributed by atoms with E-state index < -0.39 is 0 Å². The maximum atomic E-state index is 5.61. The lowest BCUT2D eigenvalue weighted by molar-refractivity contribution is 0.198. The van der Waals surface area contributed by atoms with Crippen LogP contribution in [0.2, 0.25) is 0 Å². The Balaban J connectivity index is 1.42. The van der Waals surface area contributed by atoms with E-state index in [1.807, 2.05) is 13.8 Å². The first-order valence-corrected chi connectivity index (χ1v) is 9.30. The molecular formula is C20H29N5O. The number of aliphatic imine (C=N–C) groups is 1. The zero-order valence-corrected chi connectivity index (χ0v) is 16.0. The Hall–Kier alpha value is -2.34. The standard InChI is InChI=1S/C20H29N5O/c1-15-16(2)26-19(23-15)13-22-20(21-3)24-18-9-11-25(12-10-18)14-17-7-5-4-6-8-17/h4-8,18H,9-14H2,1-3H3,(H2,21,22,24). The van der Waals surface area contributed by atoms with Gasteiger partial charge in [0.25, 0.3) is 0 Å². The van der Waals surface area contributed by atoms with Gasteiger partial charge in [-0.1, -0.05) is 30.3 Å². The molecule has 1 fully saturated rings. The Kier molecular flexibility index (Phi) is 6.28. The van der Waals surface area contributed by atoms with Gasteiger partial charge in [0.15, 0.2) is 5.96 Å². The second-order valence-corrected chi connectivity index (χ2v) is 6.86. The number of nitrogens with zero attached hydrogens (tertiary/aromatic N) is 3. The van der Waals surface area contributed by atoms with Crippen molar-refractivity contribution >= 4 is 5.96 Å². The summed E-state index contributed by atoms with van der Waals surface area (Å²) in [5.41, 5.74) is 2.32. The van der Waals surface area contributed by atoms with Crippen LogP contribution in [0.5, 0.6) is 0 Å². The van der Waals surface area contributed by atoms with Gasteiger partial charge < -0.3 is 15.1 Å². The predicted octanol–water partition coefficient (Wildman–Crippen LogP) is 2.62. The van der Waals surface area contributed by atoms with E-state index >= 15 is 0 Å². The molecule has 0 radical (unpaired) electrons. The maximum absolute atomic E-state index is 5.61. The number of nitrogens with one attached hydrogen (secondary N) is 2. The summed E-state index contributed by atoms with van der Waals surface area (Å²) in [4.78, 5) is 11.2. The fourth-order valence-electron chi connectivity index (χ4n) is 3.24. The third-order valence-electron chi connectivity index (χ3n) is 4.88. The summed E-state index contributed by atoms with van der Waals surface area (Å²) in [6, 6.07) is 11.1. The monoisotopic (exact) mass is 355 g/mol. The highest BCUT2D eigenvalue weighted by Gasteiger charge is 2.20. The number of benzene rings is 1. The lowest BCUT2D eigenvalue weighted by Gasteiger charge is -2.33. The average molecular weight is 355 g/mol. The lowest BCUT2D eigenvalue weighted by Crippen LogP contribution is -2.48. The third-order valence-corrected chi connectivity index (χ3v) is 4.88. The van der Waals surface area contributed by atoms with Crippen molar-refractivity contribution < 1.29 is 4.42 Å². The van der Waals surface area contributed by atoms with E-state index in [1.165, 1.54) is 5.56 Å². The molecule has 0 unspecified atom stereocenters. The van der Waals surface area contributed by atoms with E-state index in [1.54, 1.807) is 7.05 Å². The van der Waals surface area contributed by atoms with Crippen LogP contribution in [0, 0.1) is 13.8 Å². The molecule has 140 valence electrons. The topological polar surface area (TPSA) is 65.7 Å². The van der Waals surface area contributed by atoms with Crippen LogP contribution < -0.4 is 10.6 Å². The van der Waals surface area contributed by atoms with Crippen molar-refractivity contribution in [2.45, 2.75) is 45.8 Å². The van der Waals surface area contributed by atoms with E-state index in [0.29, 0.717) is 18.5 Å². The van der Waals surface area contributed by atoms with Gasteiger partial charge in [0.2, 0.25) is 5.89 Å². The fraction of sp³-hybridized carbons (Fsp3) is 0.500. The van der Waals surface area contributed by atoms with Gasteiger partial charge in [-0.25, -0.2) is 4.98 Å². The molecule has 2 heterocycles. The minimum Gasteiger partial charge on any atom is -0.444 e. The molecule has 0 atom stereocenters. The van der Waals surface area contributed by atoms with Gasteiger partial charge in [0, 0.05) is 32.7 Å². The molecule has 6 nitrogen and oxygen atoms in total. The second-order valence-electron chi connectivity index (χ2n) is 6.86. The molecule has 1 aliphatic heterocycles. The maximum Gasteiger partial charge on any atom is 0.214 e. The summed E-state index contributed by atoms with van der Waals surface area (Å²) in [5, 5.41) is 6.82. The number of piperidine rings is 1. The van der Waals surface area contributed by atoms with Crippen molar-refractivity contribution in [3.05, 3.63) is 53.2 Å². The number of aryl methyl sites for hydroxylation is 2. The highest BCUT2D eigenvalue weighted by atomic mass is 16.4. The first kappa shape index (κ1) is 18.5. The molecule has 1 saturated heterocycles. The molecule has 0 bridgehead atoms. The van der Waals surface area contributed by atoms with Gasteiger partial charge >= 0.3 is 0 Å². The summed E-state index contributed by atoms with van der Waals surface area (Å²) in [6.45, 7) is 7.66. The fourth-order valence-corrected chi connectivity index (χ4v) is 3.24. The molecule has 0 spiro atoms. The summed E-state index contributed by atoms with van der Waals surface area (Å²) >= 11 is 0. The molecular weight excluding hydrogens is 326 g/mol. The normalized spacial score (nSPS) is 16.7. The highest BCUT2D eigenvalue weighted by Crippen LogP contribution is 2.14. The summed E-state index contributed by atoms with van der Waals surface area (Å²) in [6.07, 6.45) is 2.23. The van der Waals surface area contributed by atoms with Crippen molar-refractivity contribution in [2.75, 3.05) is 20.1 Å². The minimum absolute atomic E-state index is 0.446. The predicted molar refractivity (Wildman–Crippen MR) is 104 cm³/mol. The van der Waals surface area contributed by atoms with Gasteiger partial charge in [-0.15, -0.1) is 0 Å². The molecule has 3 rings (SSSR count). The number of oxazole rings is 1. The van der Waals surface area contributed by atoms with E-state index in [9.17, 15) is 0 Å². The quantitative estimate of drug-likeness (QED) is 0.638. The summed E-state index contributed by atoms with van der Waals surface area (Å²) in [7, 11) is 1.80. The molecule has 1 aliphatic rings. The van der Waals surface area contributed by atoms with Crippen LogP contribution in [0.4, 0.5) is 0 Å². The van der Waals surface area contributed by atoms with E-state index in [2.05, 4.69) is 55.8 Å². The summed E-state index contributed by atoms with van der Waals surface area (Å²) < 4.78 is 5.61. The number of aromatic nitrogens is 1. The first-order chi connectivity index (χ1) is 12.6. The number of hydrogen-bond donors (Lipinski definition) is 2. The van der Waals surface area contributed by atoms with E-state index in [-0.39, 0.29) is 0 Å². The van der Waals surface area contributed by atoms with Crippen LogP contribution in [0.3, 0.4) is 0 Å². The van der Waals surface area contributed by atoms with Crippen molar-refractivity contribution in [3.8, 4) is 0 Å². The third kappa shape index (κ3) is 5.08. The Bertz CT molecular complexity index is 698. The first-order valence-electron chi connectivity index (χ1n) is 9.30. The number of rotatable bonds is 5. The van der Waals surface area contributed by atoms with Crippen molar-refractivity contribution in [3.63, 3.8) is 0 Å². The Morgan fingerprint density at radius 3 is 2.58 bits per heavy atom. The van der Waals surface area contributed by atoms with Gasteiger partial charge in [-0.3, -0.25) is 9.89 Å². The number of hydrogen-bond acceptors (Lipinski definition) is 4. The van der Waals surface area contributed by atoms with Crippen LogP contribution in [0.15, 0.2) is 39.7 Å².